The molecular formula is C24H31BN2O5. The van der Waals surface area contributed by atoms with Crippen LogP contribution in [0.1, 0.15) is 64.5 Å². The first-order valence-electron chi connectivity index (χ1n) is 11.3. The fourth-order valence-corrected chi connectivity index (χ4v) is 4.77. The molecule has 0 bridgehead atoms. The maximum absolute atomic E-state index is 13.3. The van der Waals surface area contributed by atoms with Crippen LogP contribution in [0, 0.1) is 20.8 Å². The van der Waals surface area contributed by atoms with Gasteiger partial charge in [0.2, 0.25) is 0 Å². The number of benzene rings is 2. The van der Waals surface area contributed by atoms with Crippen molar-refractivity contribution >= 4 is 18.5 Å². The van der Waals surface area contributed by atoms with E-state index in [-0.39, 0.29) is 18.6 Å². The molecule has 2 aliphatic rings. The summed E-state index contributed by atoms with van der Waals surface area (Å²) >= 11 is 0. The largest absolute Gasteiger partial charge is 0.495 e. The molecule has 1 unspecified atom stereocenters. The summed E-state index contributed by atoms with van der Waals surface area (Å²) < 4.78 is 11.1. The fraction of sp³-hybridized carbons (Fsp3) is 0.458. The van der Waals surface area contributed by atoms with Gasteiger partial charge in [-0.1, -0.05) is 48.2 Å². The summed E-state index contributed by atoms with van der Waals surface area (Å²) in [6.45, 7) is 6.37. The van der Waals surface area contributed by atoms with Crippen LogP contribution < -0.4 is 15.6 Å². The van der Waals surface area contributed by atoms with Gasteiger partial charge >= 0.3 is 7.12 Å². The second kappa shape index (κ2) is 9.62. The third kappa shape index (κ3) is 4.69. The quantitative estimate of drug-likeness (QED) is 0.377. The van der Waals surface area contributed by atoms with Crippen LogP contribution in [0.25, 0.3) is 0 Å². The second-order valence-corrected chi connectivity index (χ2v) is 8.81. The van der Waals surface area contributed by atoms with Crippen LogP contribution in [-0.4, -0.2) is 47.4 Å². The van der Waals surface area contributed by atoms with Gasteiger partial charge in [-0.15, -0.1) is 0 Å². The average Bonchev–Trinajstić information content (AvgIpc) is 3.21. The summed E-state index contributed by atoms with van der Waals surface area (Å²) in [4.78, 5) is 13.3. The fourth-order valence-electron chi connectivity index (χ4n) is 4.77. The molecule has 1 saturated carbocycles. The predicted molar refractivity (Wildman–Crippen MR) is 123 cm³/mol. The normalized spacial score (nSPS) is 17.6. The Morgan fingerprint density at radius 1 is 1.12 bits per heavy atom. The monoisotopic (exact) mass is 438 g/mol. The lowest BCUT2D eigenvalue weighted by Gasteiger charge is -2.34. The second-order valence-electron chi connectivity index (χ2n) is 8.81. The highest BCUT2D eigenvalue weighted by atomic mass is 16.6. The number of ether oxygens (including phenoxy) is 1. The minimum absolute atomic E-state index is 0.0578. The van der Waals surface area contributed by atoms with Gasteiger partial charge in [0.1, 0.15) is 18.6 Å². The van der Waals surface area contributed by atoms with E-state index >= 15 is 0 Å². The van der Waals surface area contributed by atoms with Crippen molar-refractivity contribution in [2.75, 3.05) is 13.2 Å². The zero-order valence-corrected chi connectivity index (χ0v) is 18.9. The summed E-state index contributed by atoms with van der Waals surface area (Å²) in [6, 6.07) is 9.35. The molecule has 170 valence electrons. The molecule has 1 aliphatic carbocycles. The zero-order valence-electron chi connectivity index (χ0n) is 18.9. The molecule has 1 aliphatic heterocycles. The maximum Gasteiger partial charge on any atom is 0.495 e. The van der Waals surface area contributed by atoms with Crippen LogP contribution >= 0.6 is 0 Å². The molecular weight excluding hydrogens is 407 g/mol. The molecule has 2 aromatic rings. The molecule has 3 N–H and O–H groups in total. The molecule has 7 nitrogen and oxygen atoms in total. The van der Waals surface area contributed by atoms with Gasteiger partial charge in [0.05, 0.1) is 6.61 Å². The highest BCUT2D eigenvalue weighted by molar-refractivity contribution is 6.61. The Balaban J connectivity index is 1.63. The number of aliphatic hydroxyl groups is 1. The first kappa shape index (κ1) is 22.8. The first-order chi connectivity index (χ1) is 15.3. The van der Waals surface area contributed by atoms with Gasteiger partial charge in [0, 0.05) is 22.6 Å². The zero-order chi connectivity index (χ0) is 22.8. The van der Waals surface area contributed by atoms with Crippen molar-refractivity contribution in [1.82, 2.24) is 10.4 Å². The minimum atomic E-state index is -1.08. The number of fused-ring (bicyclic) bond motifs is 1. The van der Waals surface area contributed by atoms with Gasteiger partial charge in [0.25, 0.3) is 5.91 Å². The summed E-state index contributed by atoms with van der Waals surface area (Å²) in [6.07, 6.45) is 3.02. The third-order valence-corrected chi connectivity index (χ3v) is 6.31. The van der Waals surface area contributed by atoms with Gasteiger partial charge in [0.15, 0.2) is 0 Å². The SMILES string of the molecule is Cc1cc(C)cc(C(O)N(NC(=O)c2ccc3c(c2C)OCCOB3O)C2CCCC2)c1. The van der Waals surface area contributed by atoms with Crippen molar-refractivity contribution in [3.63, 3.8) is 0 Å². The number of nitrogens with zero attached hydrogens (tertiary/aromatic N) is 1. The smallest absolute Gasteiger partial charge is 0.491 e. The average molecular weight is 438 g/mol. The first-order valence-corrected chi connectivity index (χ1v) is 11.3. The van der Waals surface area contributed by atoms with Crippen molar-refractivity contribution in [3.8, 4) is 5.75 Å². The molecule has 8 heteroatoms. The van der Waals surface area contributed by atoms with Crippen LogP contribution in [0.4, 0.5) is 0 Å². The van der Waals surface area contributed by atoms with E-state index in [2.05, 4.69) is 11.5 Å². The number of hydrogen-bond acceptors (Lipinski definition) is 6. The molecule has 2 aromatic carbocycles. The van der Waals surface area contributed by atoms with Crippen LogP contribution in [0.3, 0.4) is 0 Å². The Bertz CT molecular complexity index is 972. The van der Waals surface area contributed by atoms with Gasteiger partial charge in [-0.3, -0.25) is 10.2 Å². The summed E-state index contributed by atoms with van der Waals surface area (Å²) in [5, 5.41) is 23.1. The minimum Gasteiger partial charge on any atom is -0.491 e. The molecule has 0 spiro atoms. The molecule has 0 radical (unpaired) electrons. The Labute approximate surface area is 189 Å². The number of aryl methyl sites for hydroxylation is 2. The van der Waals surface area contributed by atoms with Crippen LogP contribution in [0.2, 0.25) is 0 Å². The number of nitrogens with one attached hydrogen (secondary N) is 1. The van der Waals surface area contributed by atoms with Crippen molar-refractivity contribution in [3.05, 3.63) is 58.1 Å². The number of hydrazine groups is 1. The predicted octanol–water partition coefficient (Wildman–Crippen LogP) is 2.29. The number of carbonyl (C=O) groups excluding carboxylic acids is 1. The Hall–Kier alpha value is -2.39. The molecule has 1 heterocycles. The third-order valence-electron chi connectivity index (χ3n) is 6.31. The van der Waals surface area contributed by atoms with Crippen molar-refractivity contribution in [2.45, 2.75) is 58.7 Å². The lowest BCUT2D eigenvalue weighted by Crippen LogP contribution is -2.50. The number of hydrogen-bond donors (Lipinski definition) is 3. The lowest BCUT2D eigenvalue weighted by atomic mass is 9.77. The van der Waals surface area contributed by atoms with E-state index in [0.717, 1.165) is 42.4 Å². The van der Waals surface area contributed by atoms with E-state index in [1.165, 1.54) is 0 Å². The van der Waals surface area contributed by atoms with Crippen molar-refractivity contribution < 1.29 is 24.3 Å². The number of carbonyl (C=O) groups is 1. The molecule has 0 saturated heterocycles. The molecule has 4 rings (SSSR count). The van der Waals surface area contributed by atoms with Crippen molar-refractivity contribution in [1.29, 1.82) is 0 Å². The van der Waals surface area contributed by atoms with E-state index in [1.807, 2.05) is 26.0 Å². The number of rotatable bonds is 5. The van der Waals surface area contributed by atoms with Gasteiger partial charge in [-0.2, -0.15) is 5.01 Å². The molecule has 0 aromatic heterocycles. The highest BCUT2D eigenvalue weighted by Gasteiger charge is 2.32. The number of amides is 1. The summed E-state index contributed by atoms with van der Waals surface area (Å²) in [5.74, 6) is 0.161. The van der Waals surface area contributed by atoms with E-state index in [0.29, 0.717) is 28.9 Å². The molecule has 1 atom stereocenters. The Morgan fingerprint density at radius 3 is 2.50 bits per heavy atom. The molecule has 1 fully saturated rings. The summed E-state index contributed by atoms with van der Waals surface area (Å²) in [5.41, 5.74) is 7.46. The highest BCUT2D eigenvalue weighted by Crippen LogP contribution is 2.30. The standard InChI is InChI=1S/C24H31BN2O5/c1-15-12-16(2)14-18(13-15)24(29)27(19-6-4-5-7-19)26-23(28)20-8-9-21-22(17(20)3)31-10-11-32-25(21)30/h8-9,12-14,19,24,29-30H,4-7,10-11H2,1-3H3,(H,26,28). The molecule has 1 amide bonds. The van der Waals surface area contributed by atoms with Gasteiger partial charge < -0.3 is 19.5 Å². The lowest BCUT2D eigenvalue weighted by molar-refractivity contribution is -0.0560. The maximum atomic E-state index is 13.3. The number of aliphatic hydroxyl groups excluding tert-OH is 1. The van der Waals surface area contributed by atoms with Crippen LogP contribution in [0.5, 0.6) is 5.75 Å². The molecule has 32 heavy (non-hydrogen) atoms. The topological polar surface area (TPSA) is 91.3 Å². The van der Waals surface area contributed by atoms with E-state index in [1.54, 1.807) is 24.1 Å². The van der Waals surface area contributed by atoms with E-state index < -0.39 is 13.3 Å². The summed E-state index contributed by atoms with van der Waals surface area (Å²) in [7, 11) is -1.08. The van der Waals surface area contributed by atoms with Crippen LogP contribution in [-0.2, 0) is 4.65 Å². The van der Waals surface area contributed by atoms with Gasteiger partial charge in [-0.05, 0) is 45.2 Å². The Kier molecular flexibility index (Phi) is 6.86. The van der Waals surface area contributed by atoms with Crippen LogP contribution in [0.15, 0.2) is 30.3 Å². The van der Waals surface area contributed by atoms with Crippen molar-refractivity contribution in [2.24, 2.45) is 0 Å². The van der Waals surface area contributed by atoms with Gasteiger partial charge in [-0.25, -0.2) is 0 Å². The van der Waals surface area contributed by atoms with E-state index in [9.17, 15) is 14.9 Å². The van der Waals surface area contributed by atoms with E-state index in [4.69, 9.17) is 9.39 Å². The Morgan fingerprint density at radius 2 is 1.81 bits per heavy atom.